The van der Waals surface area contributed by atoms with Gasteiger partial charge in [-0.3, -0.25) is 9.89 Å². The highest BCUT2D eigenvalue weighted by atomic mass is 35.5. The molecule has 0 bridgehead atoms. The highest BCUT2D eigenvalue weighted by Crippen LogP contribution is 2.44. The average Bonchev–Trinajstić information content (AvgIpc) is 3.55. The first kappa shape index (κ1) is 21.6. The average molecular weight is 482 g/mol. The van der Waals surface area contributed by atoms with Crippen molar-refractivity contribution >= 4 is 29.1 Å². The van der Waals surface area contributed by atoms with Crippen molar-refractivity contribution in [3.63, 3.8) is 0 Å². The first-order valence-electron chi connectivity index (χ1n) is 10.5. The number of fused-ring (bicyclic) bond motifs is 1. The van der Waals surface area contributed by atoms with Gasteiger partial charge < -0.3 is 14.2 Å². The van der Waals surface area contributed by atoms with E-state index in [-0.39, 0.29) is 11.9 Å². The summed E-state index contributed by atoms with van der Waals surface area (Å²) in [4.78, 5) is 19.4. The minimum atomic E-state index is -0.332. The van der Waals surface area contributed by atoms with Gasteiger partial charge in [-0.2, -0.15) is 5.10 Å². The second kappa shape index (κ2) is 8.92. The third-order valence-corrected chi connectivity index (χ3v) is 6.60. The van der Waals surface area contributed by atoms with Gasteiger partial charge >= 0.3 is 0 Å². The molecule has 4 aromatic rings. The topological polar surface area (TPSA) is 76.0 Å². The summed E-state index contributed by atoms with van der Waals surface area (Å²) in [6.45, 7) is 1.32. The lowest BCUT2D eigenvalue weighted by Crippen LogP contribution is -2.31. The van der Waals surface area contributed by atoms with Gasteiger partial charge in [-0.1, -0.05) is 29.3 Å². The van der Waals surface area contributed by atoms with Gasteiger partial charge in [-0.15, -0.1) is 0 Å². The van der Waals surface area contributed by atoms with E-state index in [1.807, 2.05) is 52.1 Å². The van der Waals surface area contributed by atoms with E-state index in [0.29, 0.717) is 22.3 Å². The van der Waals surface area contributed by atoms with E-state index in [0.717, 1.165) is 41.1 Å². The molecule has 1 N–H and O–H groups in total. The summed E-state index contributed by atoms with van der Waals surface area (Å²) in [5.74, 6) is 0.670. The number of nitrogens with one attached hydrogen (secondary N) is 1. The molecule has 5 rings (SSSR count). The summed E-state index contributed by atoms with van der Waals surface area (Å²) < 4.78 is 7.28. The number of H-pyrrole nitrogens is 1. The molecular formula is C24H21Cl2N5O2. The Morgan fingerprint density at radius 1 is 1.09 bits per heavy atom. The van der Waals surface area contributed by atoms with Crippen LogP contribution < -0.4 is 4.74 Å². The van der Waals surface area contributed by atoms with Crippen molar-refractivity contribution < 1.29 is 9.53 Å². The fourth-order valence-corrected chi connectivity index (χ4v) is 4.57. The van der Waals surface area contributed by atoms with Crippen LogP contribution >= 0.6 is 23.2 Å². The van der Waals surface area contributed by atoms with Gasteiger partial charge in [-0.25, -0.2) is 4.98 Å². The molecule has 2 aromatic carbocycles. The number of methoxy groups -OCH3 is 1. The number of imidazole rings is 1. The molecule has 0 aliphatic carbocycles. The maximum atomic E-state index is 13.4. The van der Waals surface area contributed by atoms with Crippen molar-refractivity contribution in [1.82, 2.24) is 24.6 Å². The van der Waals surface area contributed by atoms with E-state index in [4.69, 9.17) is 27.9 Å². The molecule has 0 saturated carbocycles. The molecule has 9 heteroatoms. The molecule has 3 heterocycles. The van der Waals surface area contributed by atoms with Gasteiger partial charge in [0.25, 0.3) is 5.91 Å². The summed E-state index contributed by atoms with van der Waals surface area (Å²) in [6.07, 6.45) is 6.21. The van der Waals surface area contributed by atoms with Crippen molar-refractivity contribution in [3.8, 4) is 17.0 Å². The number of halogens is 2. The number of nitrogens with zero attached hydrogens (tertiary/aromatic N) is 4. The van der Waals surface area contributed by atoms with Crippen molar-refractivity contribution in [2.75, 3.05) is 13.7 Å². The van der Waals surface area contributed by atoms with Crippen LogP contribution in [0.1, 0.15) is 34.1 Å². The Morgan fingerprint density at radius 3 is 2.61 bits per heavy atom. The maximum Gasteiger partial charge on any atom is 0.273 e. The van der Waals surface area contributed by atoms with Gasteiger partial charge in [0.05, 0.1) is 35.2 Å². The molecule has 1 amide bonds. The van der Waals surface area contributed by atoms with E-state index in [1.54, 1.807) is 25.7 Å². The molecule has 1 unspecified atom stereocenters. The number of ether oxygens (including phenoxy) is 1. The van der Waals surface area contributed by atoms with Crippen LogP contribution in [0.2, 0.25) is 10.0 Å². The summed E-state index contributed by atoms with van der Waals surface area (Å²) in [7, 11) is 1.63. The van der Waals surface area contributed by atoms with E-state index >= 15 is 0 Å². The summed E-state index contributed by atoms with van der Waals surface area (Å²) in [6, 6.07) is 12.8. The van der Waals surface area contributed by atoms with E-state index < -0.39 is 0 Å². The second-order valence-electron chi connectivity index (χ2n) is 7.82. The van der Waals surface area contributed by atoms with Gasteiger partial charge in [0, 0.05) is 36.6 Å². The van der Waals surface area contributed by atoms with E-state index in [1.165, 1.54) is 0 Å². The first-order chi connectivity index (χ1) is 16.1. The van der Waals surface area contributed by atoms with Crippen LogP contribution in [0.3, 0.4) is 0 Å². The predicted octanol–water partition coefficient (Wildman–Crippen LogP) is 5.22. The Labute approximate surface area is 200 Å². The Kier molecular flexibility index (Phi) is 5.83. The number of hydrogen-bond donors (Lipinski definition) is 1. The molecule has 7 nitrogen and oxygen atoms in total. The quantitative estimate of drug-likeness (QED) is 0.392. The van der Waals surface area contributed by atoms with Crippen LogP contribution in [0.5, 0.6) is 5.75 Å². The van der Waals surface area contributed by atoms with E-state index in [9.17, 15) is 4.79 Å². The Morgan fingerprint density at radius 2 is 1.91 bits per heavy atom. The second-order valence-corrected chi connectivity index (χ2v) is 8.63. The van der Waals surface area contributed by atoms with Crippen LogP contribution in [0, 0.1) is 0 Å². The molecular weight excluding hydrogens is 461 g/mol. The molecule has 0 saturated heterocycles. The Bertz CT molecular complexity index is 1280. The lowest BCUT2D eigenvalue weighted by molar-refractivity contribution is 0.0739. The largest absolute Gasteiger partial charge is 0.497 e. The van der Waals surface area contributed by atoms with Gasteiger partial charge in [0.15, 0.2) is 0 Å². The first-order valence-corrected chi connectivity index (χ1v) is 11.3. The minimum absolute atomic E-state index is 0.0843. The third-order valence-electron chi connectivity index (χ3n) is 5.86. The standard InChI is InChI=1S/C24H21Cl2N5O2/c1-33-17-6-3-15(4-7-17)21-20-22(29-28-21)24(32)31(11-2-10-30-12-9-27-14-30)23(20)16-5-8-18(25)19(26)13-16/h3-9,12-14,23H,2,10-11H2,1H3,(H,28,29). The van der Waals surface area contributed by atoms with E-state index in [2.05, 4.69) is 15.2 Å². The normalized spacial score (nSPS) is 15.2. The zero-order valence-corrected chi connectivity index (χ0v) is 19.3. The lowest BCUT2D eigenvalue weighted by atomic mass is 9.96. The SMILES string of the molecule is COc1ccc(-c2n[nH]c3c2C(c2ccc(Cl)c(Cl)c2)N(CCCn2ccnc2)C3=O)cc1. The number of carbonyl (C=O) groups excluding carboxylic acids is 1. The Hall–Kier alpha value is -3.29. The number of benzene rings is 2. The number of aromatic nitrogens is 4. The maximum absolute atomic E-state index is 13.4. The fourth-order valence-electron chi connectivity index (χ4n) is 4.27. The molecule has 33 heavy (non-hydrogen) atoms. The molecule has 168 valence electrons. The number of aryl methyl sites for hydroxylation is 1. The van der Waals surface area contributed by atoms with Crippen LogP contribution in [-0.4, -0.2) is 44.2 Å². The van der Waals surface area contributed by atoms with Crippen LogP contribution in [-0.2, 0) is 6.54 Å². The molecule has 1 aliphatic rings. The van der Waals surface area contributed by atoms with Crippen LogP contribution in [0.4, 0.5) is 0 Å². The van der Waals surface area contributed by atoms with Gasteiger partial charge in [0.1, 0.15) is 11.4 Å². The third kappa shape index (κ3) is 3.98. The molecule has 1 aliphatic heterocycles. The van der Waals surface area contributed by atoms with Crippen molar-refractivity contribution in [1.29, 1.82) is 0 Å². The smallest absolute Gasteiger partial charge is 0.273 e. The number of carbonyl (C=O) groups is 1. The number of rotatable bonds is 7. The zero-order chi connectivity index (χ0) is 22.9. The Balaban J connectivity index is 1.54. The van der Waals surface area contributed by atoms with Crippen molar-refractivity contribution in [2.45, 2.75) is 19.0 Å². The molecule has 0 radical (unpaired) electrons. The van der Waals surface area contributed by atoms with Crippen LogP contribution in [0.15, 0.2) is 61.2 Å². The fraction of sp³-hybridized carbons (Fsp3) is 0.208. The van der Waals surface area contributed by atoms with Gasteiger partial charge in [0.2, 0.25) is 0 Å². The van der Waals surface area contributed by atoms with Gasteiger partial charge in [-0.05, 0) is 48.4 Å². The number of amides is 1. The van der Waals surface area contributed by atoms with Crippen molar-refractivity contribution in [3.05, 3.63) is 88.1 Å². The number of hydrogen-bond acceptors (Lipinski definition) is 4. The summed E-state index contributed by atoms with van der Waals surface area (Å²) in [5.41, 5.74) is 3.85. The highest BCUT2D eigenvalue weighted by molar-refractivity contribution is 6.42. The molecule has 0 fully saturated rings. The molecule has 0 spiro atoms. The molecule has 2 aromatic heterocycles. The molecule has 1 atom stereocenters. The summed E-state index contributed by atoms with van der Waals surface area (Å²) in [5, 5.41) is 8.40. The summed E-state index contributed by atoms with van der Waals surface area (Å²) >= 11 is 12.5. The zero-order valence-electron chi connectivity index (χ0n) is 17.8. The lowest BCUT2D eigenvalue weighted by Gasteiger charge is -2.26. The number of aromatic amines is 1. The highest BCUT2D eigenvalue weighted by Gasteiger charge is 2.42. The predicted molar refractivity (Wildman–Crippen MR) is 127 cm³/mol. The minimum Gasteiger partial charge on any atom is -0.497 e. The van der Waals surface area contributed by atoms with Crippen molar-refractivity contribution in [2.24, 2.45) is 0 Å². The monoisotopic (exact) mass is 481 g/mol. The van der Waals surface area contributed by atoms with Crippen LogP contribution in [0.25, 0.3) is 11.3 Å².